The maximum Gasteiger partial charge on any atom is 0.224 e. The van der Waals surface area contributed by atoms with Crippen molar-refractivity contribution < 1.29 is 0 Å². The van der Waals surface area contributed by atoms with E-state index in [-0.39, 0.29) is 0 Å². The third-order valence-electron chi connectivity index (χ3n) is 3.00. The Hall–Kier alpha value is -0.830. The summed E-state index contributed by atoms with van der Waals surface area (Å²) in [6.45, 7) is 3.32. The van der Waals surface area contributed by atoms with Crippen molar-refractivity contribution >= 4 is 17.4 Å². The van der Waals surface area contributed by atoms with Crippen LogP contribution in [-0.2, 0) is 0 Å². The summed E-state index contributed by atoms with van der Waals surface area (Å²) < 4.78 is 0. The number of hydrogen-bond acceptors (Lipinski definition) is 3. The van der Waals surface area contributed by atoms with Gasteiger partial charge in [-0.05, 0) is 43.4 Å². The Labute approximate surface area is 95.5 Å². The zero-order chi connectivity index (χ0) is 10.7. The van der Waals surface area contributed by atoms with Gasteiger partial charge in [-0.25, -0.2) is 9.97 Å². The van der Waals surface area contributed by atoms with Crippen molar-refractivity contribution in [3.8, 4) is 0 Å². The maximum absolute atomic E-state index is 5.81. The quantitative estimate of drug-likeness (QED) is 0.725. The van der Waals surface area contributed by atoms with E-state index < -0.39 is 0 Å². The monoisotopic (exact) mass is 225 g/mol. The van der Waals surface area contributed by atoms with Gasteiger partial charge < -0.3 is 4.90 Å². The Morgan fingerprint density at radius 2 is 2.40 bits per heavy atom. The molecule has 0 aromatic carbocycles. The summed E-state index contributed by atoms with van der Waals surface area (Å²) in [6, 6.07) is 2.56. The molecule has 0 radical (unpaired) electrons. The standard InChI is InChI=1S/C11H16ClN3/c1-2-9-5-3-4-8-15(9)10-6-7-13-11(12)14-10/h6-7,9H,2-5,8H2,1H3. The Bertz CT molecular complexity index is 329. The summed E-state index contributed by atoms with van der Waals surface area (Å²) in [4.78, 5) is 10.5. The van der Waals surface area contributed by atoms with Crippen molar-refractivity contribution in [3.05, 3.63) is 17.5 Å². The summed E-state index contributed by atoms with van der Waals surface area (Å²) in [5.41, 5.74) is 0. The van der Waals surface area contributed by atoms with Gasteiger partial charge in [0.2, 0.25) is 5.28 Å². The highest BCUT2D eigenvalue weighted by Crippen LogP contribution is 2.25. The highest BCUT2D eigenvalue weighted by molar-refractivity contribution is 6.28. The maximum atomic E-state index is 5.81. The van der Waals surface area contributed by atoms with E-state index in [0.29, 0.717) is 11.3 Å². The first kappa shape index (κ1) is 10.7. The zero-order valence-corrected chi connectivity index (χ0v) is 9.74. The van der Waals surface area contributed by atoms with Crippen LogP contribution < -0.4 is 4.90 Å². The molecule has 15 heavy (non-hydrogen) atoms. The molecule has 3 nitrogen and oxygen atoms in total. The first-order chi connectivity index (χ1) is 7.31. The number of hydrogen-bond donors (Lipinski definition) is 0. The van der Waals surface area contributed by atoms with Crippen molar-refractivity contribution in [1.29, 1.82) is 0 Å². The number of halogens is 1. The molecular formula is C11H16ClN3. The van der Waals surface area contributed by atoms with Crippen molar-refractivity contribution in [1.82, 2.24) is 9.97 Å². The molecular weight excluding hydrogens is 210 g/mol. The molecule has 1 aromatic rings. The number of anilines is 1. The fraction of sp³-hybridized carbons (Fsp3) is 0.636. The lowest BCUT2D eigenvalue weighted by Crippen LogP contribution is -2.39. The molecule has 82 valence electrons. The molecule has 1 fully saturated rings. The fourth-order valence-corrected chi connectivity index (χ4v) is 2.36. The van der Waals surface area contributed by atoms with Gasteiger partial charge in [0.25, 0.3) is 0 Å². The zero-order valence-electron chi connectivity index (χ0n) is 8.99. The summed E-state index contributed by atoms with van der Waals surface area (Å²) >= 11 is 5.81. The van der Waals surface area contributed by atoms with Crippen LogP contribution in [-0.4, -0.2) is 22.6 Å². The van der Waals surface area contributed by atoms with E-state index in [1.165, 1.54) is 25.7 Å². The van der Waals surface area contributed by atoms with Gasteiger partial charge in [-0.3, -0.25) is 0 Å². The molecule has 0 bridgehead atoms. The smallest absolute Gasteiger partial charge is 0.224 e. The van der Waals surface area contributed by atoms with Crippen LogP contribution in [0, 0.1) is 0 Å². The second-order valence-corrected chi connectivity index (χ2v) is 4.27. The average Bonchev–Trinajstić information content (AvgIpc) is 2.29. The minimum Gasteiger partial charge on any atom is -0.354 e. The highest BCUT2D eigenvalue weighted by atomic mass is 35.5. The minimum atomic E-state index is 0.341. The van der Waals surface area contributed by atoms with Crippen LogP contribution in [0.3, 0.4) is 0 Å². The third-order valence-corrected chi connectivity index (χ3v) is 3.19. The van der Waals surface area contributed by atoms with E-state index >= 15 is 0 Å². The van der Waals surface area contributed by atoms with E-state index in [1.807, 2.05) is 6.07 Å². The molecule has 1 aromatic heterocycles. The second-order valence-electron chi connectivity index (χ2n) is 3.94. The molecule has 1 aliphatic rings. The average molecular weight is 226 g/mol. The van der Waals surface area contributed by atoms with E-state index in [2.05, 4.69) is 21.8 Å². The lowest BCUT2D eigenvalue weighted by Gasteiger charge is -2.36. The lowest BCUT2D eigenvalue weighted by atomic mass is 10.0. The number of piperidine rings is 1. The van der Waals surface area contributed by atoms with Crippen LogP contribution in [0.25, 0.3) is 0 Å². The molecule has 1 unspecified atom stereocenters. The van der Waals surface area contributed by atoms with Crippen LogP contribution in [0.5, 0.6) is 0 Å². The van der Waals surface area contributed by atoms with Crippen molar-refractivity contribution in [3.63, 3.8) is 0 Å². The SMILES string of the molecule is CCC1CCCCN1c1ccnc(Cl)n1. The molecule has 1 aliphatic heterocycles. The molecule has 0 N–H and O–H groups in total. The van der Waals surface area contributed by atoms with Crippen molar-refractivity contribution in [2.75, 3.05) is 11.4 Å². The summed E-state index contributed by atoms with van der Waals surface area (Å²) in [5, 5.41) is 0.341. The van der Waals surface area contributed by atoms with Crippen molar-refractivity contribution in [2.24, 2.45) is 0 Å². The summed E-state index contributed by atoms with van der Waals surface area (Å²) in [5.74, 6) is 0.974. The molecule has 0 amide bonds. The number of rotatable bonds is 2. The molecule has 4 heteroatoms. The molecule has 0 aliphatic carbocycles. The van der Waals surface area contributed by atoms with Crippen LogP contribution in [0.2, 0.25) is 5.28 Å². The van der Waals surface area contributed by atoms with Gasteiger partial charge in [0.1, 0.15) is 5.82 Å². The molecule has 1 atom stereocenters. The Morgan fingerprint density at radius 1 is 1.53 bits per heavy atom. The van der Waals surface area contributed by atoms with Crippen LogP contribution in [0.1, 0.15) is 32.6 Å². The molecule has 1 saturated heterocycles. The highest BCUT2D eigenvalue weighted by Gasteiger charge is 2.21. The second kappa shape index (κ2) is 4.79. The van der Waals surface area contributed by atoms with Gasteiger partial charge in [-0.1, -0.05) is 6.92 Å². The minimum absolute atomic E-state index is 0.341. The molecule has 0 spiro atoms. The normalized spacial score (nSPS) is 21.7. The number of aromatic nitrogens is 2. The Balaban J connectivity index is 2.20. The van der Waals surface area contributed by atoms with Crippen LogP contribution in [0.4, 0.5) is 5.82 Å². The third kappa shape index (κ3) is 2.40. The van der Waals surface area contributed by atoms with Gasteiger partial charge in [0, 0.05) is 18.8 Å². The predicted octanol–water partition coefficient (Wildman–Crippen LogP) is 2.90. The van der Waals surface area contributed by atoms with E-state index in [0.717, 1.165) is 12.4 Å². The van der Waals surface area contributed by atoms with Crippen LogP contribution >= 0.6 is 11.6 Å². The largest absolute Gasteiger partial charge is 0.354 e. The summed E-state index contributed by atoms with van der Waals surface area (Å²) in [6.07, 6.45) is 6.73. The van der Waals surface area contributed by atoms with E-state index in [4.69, 9.17) is 11.6 Å². The topological polar surface area (TPSA) is 29.0 Å². The lowest BCUT2D eigenvalue weighted by molar-refractivity contribution is 0.446. The molecule has 2 heterocycles. The fourth-order valence-electron chi connectivity index (χ4n) is 2.21. The first-order valence-electron chi connectivity index (χ1n) is 5.56. The van der Waals surface area contributed by atoms with Gasteiger partial charge in [0.05, 0.1) is 0 Å². The van der Waals surface area contributed by atoms with Gasteiger partial charge in [0.15, 0.2) is 0 Å². The van der Waals surface area contributed by atoms with E-state index in [1.54, 1.807) is 6.20 Å². The van der Waals surface area contributed by atoms with Gasteiger partial charge in [-0.15, -0.1) is 0 Å². The van der Waals surface area contributed by atoms with E-state index in [9.17, 15) is 0 Å². The summed E-state index contributed by atoms with van der Waals surface area (Å²) in [7, 11) is 0. The van der Waals surface area contributed by atoms with Gasteiger partial charge in [-0.2, -0.15) is 0 Å². The Morgan fingerprint density at radius 3 is 3.13 bits per heavy atom. The predicted molar refractivity (Wildman–Crippen MR) is 62.3 cm³/mol. The van der Waals surface area contributed by atoms with Crippen molar-refractivity contribution in [2.45, 2.75) is 38.6 Å². The first-order valence-corrected chi connectivity index (χ1v) is 5.94. The molecule has 0 saturated carbocycles. The number of nitrogens with zero attached hydrogens (tertiary/aromatic N) is 3. The Kier molecular flexibility index (Phi) is 3.41. The van der Waals surface area contributed by atoms with Crippen LogP contribution in [0.15, 0.2) is 12.3 Å². The molecule has 2 rings (SSSR count). The van der Waals surface area contributed by atoms with Gasteiger partial charge >= 0.3 is 0 Å².